The Balaban J connectivity index is -0.0000000267. The average Bonchev–Trinajstić information content (AvgIpc) is 1.12. The van der Waals surface area contributed by atoms with Gasteiger partial charge in [0.1, 0.15) is 0 Å². The Labute approximate surface area is 109 Å². The largest absolute Gasteiger partial charge is 0.759 e. The molecule has 0 saturated heterocycles. The molecule has 0 saturated carbocycles. The molecule has 0 aliphatic carbocycles. The maximum absolute atomic E-state index is 8.52. The second kappa shape index (κ2) is 11.1. The van der Waals surface area contributed by atoms with Crippen LogP contribution in [0.4, 0.5) is 0 Å². The summed E-state index contributed by atoms with van der Waals surface area (Å²) in [5.41, 5.74) is 0. The minimum atomic E-state index is -5.17. The maximum Gasteiger partial charge on any atom is 0.0311 e. The topological polar surface area (TPSA) is 234 Å². The van der Waals surface area contributed by atoms with Crippen LogP contribution in [-0.4, -0.2) is 35.0 Å². The molecule has 0 bridgehead atoms. The van der Waals surface area contributed by atoms with Gasteiger partial charge >= 0.3 is 0 Å². The average molecular weight is 368 g/mol. The van der Waals surface area contributed by atoms with Gasteiger partial charge in [-0.1, -0.05) is 0 Å². The van der Waals surface area contributed by atoms with E-state index in [9.17, 15) is 0 Å². The van der Waals surface area contributed by atoms with E-state index in [-0.39, 0.29) is 54.0 Å². The molecule has 84 valence electrons. The Morgan fingerprint density at radius 2 is 0.615 bits per heavy atom. The van der Waals surface area contributed by atoms with Gasteiger partial charge in [0.15, 0.2) is 0 Å². The van der Waals surface area contributed by atoms with Gasteiger partial charge < -0.3 is 30.5 Å². The Morgan fingerprint density at radius 1 is 0.615 bits per heavy atom. The molecule has 0 aliphatic heterocycles. The third-order valence-electron chi connectivity index (χ3n) is 0. The van der Waals surface area contributed by atoms with Gasteiger partial charge in [-0.05, 0) is 0 Å². The molecule has 0 fully saturated rings. The van der Waals surface area contributed by atoms with Crippen molar-refractivity contribution >= 4 is 20.8 Å². The second-order valence-electron chi connectivity index (χ2n) is 0.816. The quantitative estimate of drug-likeness (QED) is 0.360. The van der Waals surface area contributed by atoms with Crippen molar-refractivity contribution < 1.29 is 76.8 Å². The van der Waals surface area contributed by atoms with Gasteiger partial charge in [0, 0.05) is 62.5 Å². The normalized spacial score (nSPS) is 8.92. The van der Waals surface area contributed by atoms with Crippen molar-refractivity contribution in [1.29, 1.82) is 0 Å². The van der Waals surface area contributed by atoms with Gasteiger partial charge in [-0.15, -0.1) is 0 Å². The molecule has 0 spiro atoms. The molecule has 10 nitrogen and oxygen atoms in total. The van der Waals surface area contributed by atoms with Crippen LogP contribution in [0.5, 0.6) is 0 Å². The molecule has 0 aliphatic rings. The SMILES string of the molecule is O=S(=O)([O-])[O-].O=S(=O)([O-])[O-].[Ce].[NH4+].[NH4+]. The Bertz CT molecular complexity index is 217. The van der Waals surface area contributed by atoms with E-state index < -0.39 is 20.8 Å². The van der Waals surface area contributed by atoms with Crippen LogP contribution in [0.25, 0.3) is 0 Å². The van der Waals surface area contributed by atoms with Crippen molar-refractivity contribution in [2.24, 2.45) is 0 Å². The summed E-state index contributed by atoms with van der Waals surface area (Å²) in [5, 5.41) is 0. The van der Waals surface area contributed by atoms with E-state index in [1.165, 1.54) is 0 Å². The van der Waals surface area contributed by atoms with E-state index >= 15 is 0 Å². The predicted octanol–water partition coefficient (Wildman–Crippen LogP) is -1.92. The summed E-state index contributed by atoms with van der Waals surface area (Å²) in [6, 6.07) is 0. The summed E-state index contributed by atoms with van der Waals surface area (Å²) < 4.78 is 68.2. The molecule has 13 heavy (non-hydrogen) atoms. The molecule has 0 rings (SSSR count). The molecule has 0 amide bonds. The van der Waals surface area contributed by atoms with Gasteiger partial charge in [-0.25, -0.2) is 0 Å². The second-order valence-corrected chi connectivity index (χ2v) is 2.45. The number of rotatable bonds is 0. The zero-order chi connectivity index (χ0) is 9.00. The van der Waals surface area contributed by atoms with E-state index in [1.807, 2.05) is 0 Å². The predicted molar refractivity (Wildman–Crippen MR) is 32.9 cm³/mol. The number of hydrogen-bond acceptors (Lipinski definition) is 8. The summed E-state index contributed by atoms with van der Waals surface area (Å²) in [4.78, 5) is 0. The third-order valence-corrected chi connectivity index (χ3v) is 0. The van der Waals surface area contributed by atoms with Crippen LogP contribution in [0.1, 0.15) is 0 Å². The van der Waals surface area contributed by atoms with E-state index in [2.05, 4.69) is 0 Å². The molecule has 8 N–H and O–H groups in total. The Kier molecular flexibility index (Phi) is 25.0. The van der Waals surface area contributed by atoms with E-state index in [0.29, 0.717) is 0 Å². The number of hydrogen-bond donors (Lipinski definition) is 2. The molecule has 0 atom stereocenters. The van der Waals surface area contributed by atoms with E-state index in [4.69, 9.17) is 35.0 Å². The van der Waals surface area contributed by atoms with Crippen LogP contribution in [0, 0.1) is 41.7 Å². The Hall–Kier alpha value is 1.04. The zero-order valence-electron chi connectivity index (χ0n) is 6.58. The van der Waals surface area contributed by atoms with Gasteiger partial charge in [0.2, 0.25) is 0 Å². The van der Waals surface area contributed by atoms with Crippen molar-refractivity contribution in [2.75, 3.05) is 0 Å². The molecule has 13 heteroatoms. The minimum Gasteiger partial charge on any atom is -0.759 e. The zero-order valence-corrected chi connectivity index (χ0v) is 11.4. The van der Waals surface area contributed by atoms with Crippen molar-refractivity contribution in [3.63, 3.8) is 0 Å². The fourth-order valence-corrected chi connectivity index (χ4v) is 0. The van der Waals surface area contributed by atoms with Crippen molar-refractivity contribution in [2.45, 2.75) is 0 Å². The summed E-state index contributed by atoms with van der Waals surface area (Å²) in [6.45, 7) is 0. The van der Waals surface area contributed by atoms with Crippen LogP contribution < -0.4 is 12.3 Å². The molecule has 0 aromatic rings. The van der Waals surface area contributed by atoms with Crippen LogP contribution in [0.15, 0.2) is 0 Å². The number of quaternary nitrogens is 2. The first kappa shape index (κ1) is 29.2. The molecule has 0 heterocycles. The molecular weight excluding hydrogens is 360 g/mol. The van der Waals surface area contributed by atoms with Crippen molar-refractivity contribution in [3.8, 4) is 0 Å². The van der Waals surface area contributed by atoms with Crippen LogP contribution in [-0.2, 0) is 20.8 Å². The first-order chi connectivity index (χ1) is 4.00. The molecular formula is H8CeN2O8S2-2. The van der Waals surface area contributed by atoms with Gasteiger partial charge in [0.05, 0.1) is 0 Å². The first-order valence-corrected chi connectivity index (χ1v) is 4.00. The fourth-order valence-electron chi connectivity index (χ4n) is 0. The molecule has 0 unspecified atom stereocenters. The minimum absolute atomic E-state index is 0. The van der Waals surface area contributed by atoms with Crippen LogP contribution in [0.2, 0.25) is 0 Å². The maximum atomic E-state index is 8.52. The summed E-state index contributed by atoms with van der Waals surface area (Å²) in [6.07, 6.45) is 0. The summed E-state index contributed by atoms with van der Waals surface area (Å²) >= 11 is 0. The summed E-state index contributed by atoms with van der Waals surface area (Å²) in [5.74, 6) is 0. The van der Waals surface area contributed by atoms with Gasteiger partial charge in [0.25, 0.3) is 0 Å². The smallest absolute Gasteiger partial charge is 0.0311 e. The van der Waals surface area contributed by atoms with E-state index in [1.54, 1.807) is 0 Å². The van der Waals surface area contributed by atoms with Crippen molar-refractivity contribution in [1.82, 2.24) is 12.3 Å². The molecule has 0 aromatic carbocycles. The fraction of sp³-hybridized carbons (Fsp3) is 0. The first-order valence-electron chi connectivity index (χ1n) is 1.33. The van der Waals surface area contributed by atoms with Crippen LogP contribution in [0.3, 0.4) is 0 Å². The van der Waals surface area contributed by atoms with Gasteiger partial charge in [-0.3, -0.25) is 16.8 Å². The standard InChI is InChI=1S/Ce.2H3N.2H2O4S/c;;;2*1-5(2,3)4/h;2*1H3;2*(H2,1,2,3,4)/p-2. The molecule has 0 aromatic heterocycles. The van der Waals surface area contributed by atoms with Crippen LogP contribution >= 0.6 is 0 Å². The Morgan fingerprint density at radius 3 is 0.615 bits per heavy atom. The summed E-state index contributed by atoms with van der Waals surface area (Å²) in [7, 11) is -10.3. The van der Waals surface area contributed by atoms with E-state index in [0.717, 1.165) is 0 Å². The monoisotopic (exact) mass is 368 g/mol. The third kappa shape index (κ3) is 1480. The van der Waals surface area contributed by atoms with Gasteiger partial charge in [-0.2, -0.15) is 0 Å². The molecule has 0 radical (unpaired) electrons. The van der Waals surface area contributed by atoms with Crippen molar-refractivity contribution in [3.05, 3.63) is 0 Å².